The Bertz CT molecular complexity index is 579. The van der Waals surface area contributed by atoms with Gasteiger partial charge in [0.1, 0.15) is 0 Å². The molecule has 0 radical (unpaired) electrons. The largest absolute Gasteiger partial charge is 0.313 e. The molecule has 0 amide bonds. The summed E-state index contributed by atoms with van der Waals surface area (Å²) in [6, 6.07) is 7.41. The van der Waals surface area contributed by atoms with Gasteiger partial charge in [0.2, 0.25) is 10.0 Å². The SMILES string of the molecule is CC1CC(C)(C)CC1NCCc1ccc(S(N)(=O)=O)cc1. The summed E-state index contributed by atoms with van der Waals surface area (Å²) in [6.07, 6.45) is 3.39. The summed E-state index contributed by atoms with van der Waals surface area (Å²) in [5, 5.41) is 8.73. The van der Waals surface area contributed by atoms with Crippen LogP contribution in [0.1, 0.15) is 39.2 Å². The zero-order chi connectivity index (χ0) is 15.7. The van der Waals surface area contributed by atoms with Crippen LogP contribution in [0.4, 0.5) is 0 Å². The number of nitrogens with two attached hydrogens (primary N) is 1. The van der Waals surface area contributed by atoms with Gasteiger partial charge in [-0.05, 0) is 54.8 Å². The highest BCUT2D eigenvalue weighted by molar-refractivity contribution is 7.89. The fourth-order valence-electron chi connectivity index (χ4n) is 3.41. The highest BCUT2D eigenvalue weighted by Gasteiger charge is 2.35. The van der Waals surface area contributed by atoms with E-state index in [9.17, 15) is 8.42 Å². The van der Waals surface area contributed by atoms with Gasteiger partial charge in [-0.25, -0.2) is 13.6 Å². The molecule has 3 N–H and O–H groups in total. The summed E-state index contributed by atoms with van der Waals surface area (Å²) >= 11 is 0. The quantitative estimate of drug-likeness (QED) is 0.876. The van der Waals surface area contributed by atoms with Crippen molar-refractivity contribution in [1.29, 1.82) is 0 Å². The Morgan fingerprint density at radius 3 is 2.33 bits per heavy atom. The first kappa shape index (κ1) is 16.5. The van der Waals surface area contributed by atoms with Crippen LogP contribution in [0.5, 0.6) is 0 Å². The van der Waals surface area contributed by atoms with Crippen molar-refractivity contribution in [2.45, 2.75) is 51.0 Å². The van der Waals surface area contributed by atoms with E-state index in [1.165, 1.54) is 12.8 Å². The molecule has 0 heterocycles. The monoisotopic (exact) mass is 310 g/mol. The number of nitrogens with one attached hydrogen (secondary N) is 1. The lowest BCUT2D eigenvalue weighted by molar-refractivity contribution is 0.362. The van der Waals surface area contributed by atoms with Crippen molar-refractivity contribution in [1.82, 2.24) is 5.32 Å². The Morgan fingerprint density at radius 2 is 1.86 bits per heavy atom. The van der Waals surface area contributed by atoms with Gasteiger partial charge in [-0.3, -0.25) is 0 Å². The average Bonchev–Trinajstić information content (AvgIpc) is 2.62. The molecule has 2 unspecified atom stereocenters. The Balaban J connectivity index is 1.84. The standard InChI is InChI=1S/C16H26N2O2S/c1-12-10-16(2,3)11-15(12)18-9-8-13-4-6-14(7-5-13)21(17,19)20/h4-7,12,15,18H,8-11H2,1-3H3,(H2,17,19,20). The second kappa shape index (κ2) is 6.07. The lowest BCUT2D eigenvalue weighted by atomic mass is 9.91. The van der Waals surface area contributed by atoms with Gasteiger partial charge in [0.15, 0.2) is 0 Å². The number of primary sulfonamides is 1. The number of hydrogen-bond donors (Lipinski definition) is 2. The fourth-order valence-corrected chi connectivity index (χ4v) is 3.93. The van der Waals surface area contributed by atoms with Crippen LogP contribution in [0, 0.1) is 11.3 Å². The first-order chi connectivity index (χ1) is 9.67. The summed E-state index contributed by atoms with van der Waals surface area (Å²) in [5.74, 6) is 0.713. The van der Waals surface area contributed by atoms with Crippen LogP contribution < -0.4 is 10.5 Å². The molecule has 0 saturated heterocycles. The van der Waals surface area contributed by atoms with Crippen LogP contribution in [-0.4, -0.2) is 21.0 Å². The first-order valence-electron chi connectivity index (χ1n) is 7.52. The van der Waals surface area contributed by atoms with Crippen LogP contribution in [0.3, 0.4) is 0 Å². The molecule has 2 rings (SSSR count). The summed E-state index contributed by atoms with van der Waals surface area (Å²) in [5.41, 5.74) is 1.56. The predicted molar refractivity (Wildman–Crippen MR) is 85.5 cm³/mol. The Kier molecular flexibility index (Phi) is 4.76. The van der Waals surface area contributed by atoms with Crippen molar-refractivity contribution in [3.63, 3.8) is 0 Å². The molecule has 1 fully saturated rings. The van der Waals surface area contributed by atoms with Crippen molar-refractivity contribution in [2.75, 3.05) is 6.54 Å². The van der Waals surface area contributed by atoms with Crippen molar-refractivity contribution < 1.29 is 8.42 Å². The third-order valence-electron chi connectivity index (χ3n) is 4.41. The minimum Gasteiger partial charge on any atom is -0.313 e. The zero-order valence-corrected chi connectivity index (χ0v) is 13.9. The normalized spacial score (nSPS) is 25.1. The number of sulfonamides is 1. The van der Waals surface area contributed by atoms with Crippen LogP contribution in [-0.2, 0) is 16.4 Å². The third-order valence-corrected chi connectivity index (χ3v) is 5.34. The predicted octanol–water partition coefficient (Wildman–Crippen LogP) is 2.29. The van der Waals surface area contributed by atoms with Gasteiger partial charge < -0.3 is 5.32 Å². The van der Waals surface area contributed by atoms with Gasteiger partial charge >= 0.3 is 0 Å². The molecule has 118 valence electrons. The summed E-state index contributed by atoms with van der Waals surface area (Å²) in [4.78, 5) is 0.172. The summed E-state index contributed by atoms with van der Waals surface area (Å²) < 4.78 is 22.4. The van der Waals surface area contributed by atoms with Gasteiger partial charge in [-0.15, -0.1) is 0 Å². The van der Waals surface area contributed by atoms with Crippen LogP contribution in [0.2, 0.25) is 0 Å². The molecule has 1 aromatic rings. The molecule has 21 heavy (non-hydrogen) atoms. The van der Waals surface area contributed by atoms with E-state index < -0.39 is 10.0 Å². The number of benzene rings is 1. The van der Waals surface area contributed by atoms with Gasteiger partial charge in [-0.1, -0.05) is 32.9 Å². The lowest BCUT2D eigenvalue weighted by Gasteiger charge is -2.18. The molecular formula is C16H26N2O2S. The Hall–Kier alpha value is -0.910. The van der Waals surface area contributed by atoms with E-state index in [1.54, 1.807) is 12.1 Å². The topological polar surface area (TPSA) is 72.2 Å². The number of hydrogen-bond acceptors (Lipinski definition) is 3. The zero-order valence-electron chi connectivity index (χ0n) is 13.1. The molecule has 0 bridgehead atoms. The Morgan fingerprint density at radius 1 is 1.24 bits per heavy atom. The van der Waals surface area contributed by atoms with Crippen molar-refractivity contribution in [3.05, 3.63) is 29.8 Å². The second-order valence-corrected chi connectivity index (χ2v) is 8.61. The smallest absolute Gasteiger partial charge is 0.238 e. The molecule has 4 nitrogen and oxygen atoms in total. The molecule has 1 aliphatic carbocycles. The fraction of sp³-hybridized carbons (Fsp3) is 0.625. The van der Waals surface area contributed by atoms with E-state index in [4.69, 9.17) is 5.14 Å². The average molecular weight is 310 g/mol. The maximum absolute atomic E-state index is 11.2. The summed E-state index contributed by atoms with van der Waals surface area (Å²) in [6.45, 7) is 7.89. The molecule has 1 aromatic carbocycles. The third kappa shape index (κ3) is 4.53. The van der Waals surface area contributed by atoms with E-state index in [1.807, 2.05) is 12.1 Å². The van der Waals surface area contributed by atoms with E-state index in [0.29, 0.717) is 17.4 Å². The lowest BCUT2D eigenvalue weighted by Crippen LogP contribution is -2.33. The van der Waals surface area contributed by atoms with E-state index in [2.05, 4.69) is 26.1 Å². The maximum Gasteiger partial charge on any atom is 0.238 e. The van der Waals surface area contributed by atoms with Crippen LogP contribution in [0.15, 0.2) is 29.2 Å². The van der Waals surface area contributed by atoms with Gasteiger partial charge in [0, 0.05) is 6.04 Å². The number of rotatable bonds is 5. The van der Waals surface area contributed by atoms with Gasteiger partial charge in [0.05, 0.1) is 4.90 Å². The minimum atomic E-state index is -3.59. The molecule has 1 aliphatic rings. The molecule has 0 aliphatic heterocycles. The molecule has 2 atom stereocenters. The van der Waals surface area contributed by atoms with E-state index >= 15 is 0 Å². The van der Waals surface area contributed by atoms with E-state index in [0.717, 1.165) is 18.5 Å². The van der Waals surface area contributed by atoms with Crippen LogP contribution in [0.25, 0.3) is 0 Å². The molecule has 1 saturated carbocycles. The highest BCUT2D eigenvalue weighted by atomic mass is 32.2. The van der Waals surface area contributed by atoms with Crippen molar-refractivity contribution >= 4 is 10.0 Å². The first-order valence-corrected chi connectivity index (χ1v) is 9.07. The van der Waals surface area contributed by atoms with Gasteiger partial charge in [0.25, 0.3) is 0 Å². The molecule has 5 heteroatoms. The maximum atomic E-state index is 11.2. The van der Waals surface area contributed by atoms with Gasteiger partial charge in [-0.2, -0.15) is 0 Å². The Labute approximate surface area is 128 Å². The second-order valence-electron chi connectivity index (χ2n) is 7.05. The van der Waals surface area contributed by atoms with Crippen LogP contribution >= 0.6 is 0 Å². The van der Waals surface area contributed by atoms with Crippen molar-refractivity contribution in [3.8, 4) is 0 Å². The van der Waals surface area contributed by atoms with E-state index in [-0.39, 0.29) is 4.90 Å². The summed E-state index contributed by atoms with van der Waals surface area (Å²) in [7, 11) is -3.59. The molecule has 0 spiro atoms. The molecular weight excluding hydrogens is 284 g/mol. The highest BCUT2D eigenvalue weighted by Crippen LogP contribution is 2.40. The molecule has 0 aromatic heterocycles. The van der Waals surface area contributed by atoms with Crippen molar-refractivity contribution in [2.24, 2.45) is 16.5 Å². The minimum absolute atomic E-state index is 0.172.